The van der Waals surface area contributed by atoms with E-state index in [1.165, 1.54) is 58.2 Å². The van der Waals surface area contributed by atoms with E-state index in [2.05, 4.69) is 13.8 Å². The first-order valence-corrected chi connectivity index (χ1v) is 6.20. The van der Waals surface area contributed by atoms with Gasteiger partial charge in [0.25, 0.3) is 0 Å². The van der Waals surface area contributed by atoms with Crippen LogP contribution in [0.15, 0.2) is 0 Å². The number of piperidine rings is 1. The number of likely N-dealkylation sites (tertiary alicyclic amines) is 1. The van der Waals surface area contributed by atoms with E-state index >= 15 is 0 Å². The monoisotopic (exact) mass is 203 g/mol. The summed E-state index contributed by atoms with van der Waals surface area (Å²) < 4.78 is 0. The quantitative estimate of drug-likeness (QED) is 0.578. The molecule has 0 radical (unpaired) electrons. The highest BCUT2D eigenvalue weighted by atomic mass is 19.0. The van der Waals surface area contributed by atoms with Crippen molar-refractivity contribution >= 4 is 0 Å². The van der Waals surface area contributed by atoms with Crippen molar-refractivity contribution in [2.45, 2.75) is 52.4 Å². The summed E-state index contributed by atoms with van der Waals surface area (Å²) in [7, 11) is 0. The van der Waals surface area contributed by atoms with Gasteiger partial charge in [-0.2, -0.15) is 0 Å². The molecule has 0 unspecified atom stereocenters. The Labute approximate surface area is 88.2 Å². The Kier molecular flexibility index (Phi) is 8.15. The zero-order chi connectivity index (χ0) is 9.52. The normalized spacial score (nSPS) is 27.0. The second-order valence-corrected chi connectivity index (χ2v) is 4.59. The Morgan fingerprint density at radius 1 is 1.07 bits per heavy atom. The van der Waals surface area contributed by atoms with Crippen LogP contribution in [0.3, 0.4) is 0 Å². The van der Waals surface area contributed by atoms with Crippen molar-refractivity contribution in [3.8, 4) is 0 Å². The Morgan fingerprint density at radius 3 is 2.21 bits per heavy atom. The molecule has 2 heteroatoms. The lowest BCUT2D eigenvalue weighted by molar-refractivity contribution is -0.906. The molecule has 1 aliphatic rings. The van der Waals surface area contributed by atoms with Gasteiger partial charge in [-0.25, -0.2) is 0 Å². The van der Waals surface area contributed by atoms with Crippen LogP contribution in [0, 0.1) is 5.92 Å². The first-order valence-electron chi connectivity index (χ1n) is 6.20. The van der Waals surface area contributed by atoms with Gasteiger partial charge in [-0.3, -0.25) is 0 Å². The maximum absolute atomic E-state index is 2.30. The summed E-state index contributed by atoms with van der Waals surface area (Å²) in [5.41, 5.74) is 0. The number of rotatable bonds is 5. The minimum atomic E-state index is 0. The standard InChI is InChI=1S/C12H25N.FH/c1-3-5-6-12-7-10-13(9-4-2)11-8-12;/h12H,3-11H2,1-2H3;1H. The fraction of sp³-hybridized carbons (Fsp3) is 1.00. The maximum Gasteiger partial charge on any atom is 0.0773 e. The molecule has 1 saturated heterocycles. The van der Waals surface area contributed by atoms with Crippen LogP contribution < -0.4 is 9.60 Å². The molecule has 1 nitrogen and oxygen atoms in total. The number of nitrogens with one attached hydrogen (secondary N) is 1. The zero-order valence-electron chi connectivity index (χ0n) is 9.82. The molecular formula is C12H26FN. The van der Waals surface area contributed by atoms with E-state index in [9.17, 15) is 0 Å². The van der Waals surface area contributed by atoms with Crippen molar-refractivity contribution in [1.82, 2.24) is 0 Å². The minimum Gasteiger partial charge on any atom is -1.00 e. The first-order chi connectivity index (χ1) is 6.36. The van der Waals surface area contributed by atoms with Crippen LogP contribution in [0.4, 0.5) is 0 Å². The van der Waals surface area contributed by atoms with Gasteiger partial charge in [0.1, 0.15) is 0 Å². The summed E-state index contributed by atoms with van der Waals surface area (Å²) in [5, 5.41) is 0. The maximum atomic E-state index is 2.30. The molecule has 0 spiro atoms. The number of hydrogen-bond acceptors (Lipinski definition) is 0. The summed E-state index contributed by atoms with van der Waals surface area (Å²) in [6, 6.07) is 0. The fourth-order valence-electron chi connectivity index (χ4n) is 2.47. The Bertz CT molecular complexity index is 119. The smallest absolute Gasteiger partial charge is 0.0773 e. The predicted octanol–water partition coefficient (Wildman–Crippen LogP) is -1.11. The minimum absolute atomic E-state index is 0. The largest absolute Gasteiger partial charge is 1.00 e. The van der Waals surface area contributed by atoms with Gasteiger partial charge in [-0.05, 0) is 25.2 Å². The second kappa shape index (κ2) is 8.22. The van der Waals surface area contributed by atoms with E-state index in [-0.39, 0.29) is 4.70 Å². The first kappa shape index (κ1) is 13.9. The van der Waals surface area contributed by atoms with Gasteiger partial charge >= 0.3 is 0 Å². The molecule has 0 amide bonds. The van der Waals surface area contributed by atoms with Crippen molar-refractivity contribution in [2.75, 3.05) is 19.6 Å². The molecule has 0 atom stereocenters. The van der Waals surface area contributed by atoms with Crippen LogP contribution in [0.2, 0.25) is 0 Å². The van der Waals surface area contributed by atoms with Crippen LogP contribution in [-0.2, 0) is 0 Å². The van der Waals surface area contributed by atoms with Gasteiger partial charge < -0.3 is 9.60 Å². The summed E-state index contributed by atoms with van der Waals surface area (Å²) >= 11 is 0. The summed E-state index contributed by atoms with van der Waals surface area (Å²) in [4.78, 5) is 1.86. The average molecular weight is 203 g/mol. The van der Waals surface area contributed by atoms with E-state index in [0.29, 0.717) is 0 Å². The lowest BCUT2D eigenvalue weighted by Gasteiger charge is -2.28. The lowest BCUT2D eigenvalue weighted by atomic mass is 9.92. The van der Waals surface area contributed by atoms with Gasteiger partial charge in [-0.15, -0.1) is 0 Å². The third kappa shape index (κ3) is 4.94. The molecule has 0 aromatic carbocycles. The van der Waals surface area contributed by atoms with Gasteiger partial charge in [0.15, 0.2) is 0 Å². The highest BCUT2D eigenvalue weighted by Gasteiger charge is 2.20. The zero-order valence-corrected chi connectivity index (χ0v) is 9.82. The molecule has 0 aromatic heterocycles. The van der Waals surface area contributed by atoms with Crippen molar-refractivity contribution < 1.29 is 9.60 Å². The number of unbranched alkanes of at least 4 members (excludes halogenated alkanes) is 1. The predicted molar refractivity (Wildman–Crippen MR) is 58.1 cm³/mol. The van der Waals surface area contributed by atoms with E-state index in [1.807, 2.05) is 4.90 Å². The molecule has 1 heterocycles. The van der Waals surface area contributed by atoms with Crippen molar-refractivity contribution in [2.24, 2.45) is 5.92 Å². The molecule has 0 bridgehead atoms. The molecule has 1 aliphatic heterocycles. The third-order valence-electron chi connectivity index (χ3n) is 3.38. The molecule has 86 valence electrons. The number of quaternary nitrogens is 1. The topological polar surface area (TPSA) is 4.44 Å². The average Bonchev–Trinajstić information content (AvgIpc) is 2.17. The van der Waals surface area contributed by atoms with Crippen LogP contribution >= 0.6 is 0 Å². The summed E-state index contributed by atoms with van der Waals surface area (Å²) in [5.74, 6) is 1.07. The van der Waals surface area contributed by atoms with Gasteiger partial charge in [-0.1, -0.05) is 33.1 Å². The van der Waals surface area contributed by atoms with E-state index in [1.54, 1.807) is 0 Å². The Morgan fingerprint density at radius 2 is 1.71 bits per heavy atom. The summed E-state index contributed by atoms with van der Waals surface area (Å²) in [6.07, 6.45) is 8.67. The molecule has 1 N–H and O–H groups in total. The lowest BCUT2D eigenvalue weighted by Crippen LogP contribution is -3.13. The molecule has 0 aliphatic carbocycles. The van der Waals surface area contributed by atoms with Gasteiger partial charge in [0.05, 0.1) is 19.6 Å². The van der Waals surface area contributed by atoms with Crippen LogP contribution in [0.5, 0.6) is 0 Å². The van der Waals surface area contributed by atoms with Crippen LogP contribution in [-0.4, -0.2) is 19.6 Å². The van der Waals surface area contributed by atoms with Gasteiger partial charge in [0, 0.05) is 0 Å². The fourth-order valence-corrected chi connectivity index (χ4v) is 2.47. The summed E-state index contributed by atoms with van der Waals surface area (Å²) in [6.45, 7) is 8.90. The van der Waals surface area contributed by atoms with Crippen molar-refractivity contribution in [3.05, 3.63) is 0 Å². The van der Waals surface area contributed by atoms with Gasteiger partial charge in [0.2, 0.25) is 0 Å². The van der Waals surface area contributed by atoms with Crippen LogP contribution in [0.25, 0.3) is 0 Å². The second-order valence-electron chi connectivity index (χ2n) is 4.59. The molecule has 0 aromatic rings. The van der Waals surface area contributed by atoms with E-state index in [0.717, 1.165) is 5.92 Å². The molecule has 1 rings (SSSR count). The number of hydrogen-bond donors (Lipinski definition) is 1. The molecule has 0 saturated carbocycles. The highest BCUT2D eigenvalue weighted by Crippen LogP contribution is 2.16. The Balaban J connectivity index is 0.00000169. The number of halogens is 1. The SMILES string of the molecule is CCCCC1CC[NH+](CCC)CC1.[F-]. The van der Waals surface area contributed by atoms with Crippen molar-refractivity contribution in [1.29, 1.82) is 0 Å². The molecule has 14 heavy (non-hydrogen) atoms. The Hall–Kier alpha value is -0.110. The van der Waals surface area contributed by atoms with Crippen LogP contribution in [0.1, 0.15) is 52.4 Å². The molecular weight excluding hydrogens is 177 g/mol. The van der Waals surface area contributed by atoms with Crippen molar-refractivity contribution in [3.63, 3.8) is 0 Å². The third-order valence-corrected chi connectivity index (χ3v) is 3.38. The van der Waals surface area contributed by atoms with E-state index < -0.39 is 0 Å². The van der Waals surface area contributed by atoms with E-state index in [4.69, 9.17) is 0 Å². The highest BCUT2D eigenvalue weighted by molar-refractivity contribution is 4.61. The molecule has 1 fully saturated rings.